The van der Waals surface area contributed by atoms with Gasteiger partial charge in [0, 0.05) is 6.54 Å². The SMILES string of the molecule is CCN(C(=O)CN1C(=O)NC2(CCc3ccccc32)C1=O)c1nc2ccccc2s1. The molecule has 8 heteroatoms. The largest absolute Gasteiger partial charge is 0.325 e. The normalized spacial score (nSPS) is 20.1. The first-order valence-electron chi connectivity index (χ1n) is 9.92. The molecule has 30 heavy (non-hydrogen) atoms. The Morgan fingerprint density at radius 1 is 1.20 bits per heavy atom. The van der Waals surface area contributed by atoms with E-state index in [0.717, 1.165) is 32.7 Å². The Balaban J connectivity index is 1.40. The van der Waals surface area contributed by atoms with E-state index in [-0.39, 0.29) is 18.4 Å². The number of hydrogen-bond acceptors (Lipinski definition) is 5. The molecule has 1 spiro atoms. The Morgan fingerprint density at radius 3 is 2.77 bits per heavy atom. The lowest BCUT2D eigenvalue weighted by Crippen LogP contribution is -2.45. The van der Waals surface area contributed by atoms with E-state index in [4.69, 9.17) is 0 Å². The monoisotopic (exact) mass is 420 g/mol. The lowest BCUT2D eigenvalue weighted by molar-refractivity contribution is -0.134. The molecule has 4 amide bonds. The van der Waals surface area contributed by atoms with Gasteiger partial charge in [-0.15, -0.1) is 0 Å². The molecule has 2 heterocycles. The van der Waals surface area contributed by atoms with Crippen LogP contribution in [0.3, 0.4) is 0 Å². The minimum absolute atomic E-state index is 0.307. The van der Waals surface area contributed by atoms with Crippen LogP contribution in [-0.4, -0.2) is 40.8 Å². The Labute approximate surface area is 177 Å². The number of imide groups is 1. The zero-order valence-electron chi connectivity index (χ0n) is 16.4. The summed E-state index contributed by atoms with van der Waals surface area (Å²) < 4.78 is 0.982. The van der Waals surface area contributed by atoms with Crippen LogP contribution in [0.15, 0.2) is 48.5 Å². The maximum Gasteiger partial charge on any atom is 0.325 e. The summed E-state index contributed by atoms with van der Waals surface area (Å²) in [5.74, 6) is -0.686. The number of hydrogen-bond donors (Lipinski definition) is 1. The molecular formula is C22H20N4O3S. The van der Waals surface area contributed by atoms with E-state index < -0.39 is 11.6 Å². The topological polar surface area (TPSA) is 82.6 Å². The van der Waals surface area contributed by atoms with Crippen molar-refractivity contribution < 1.29 is 14.4 Å². The Bertz CT molecular complexity index is 1160. The number of nitrogens with zero attached hydrogens (tertiary/aromatic N) is 3. The van der Waals surface area contributed by atoms with Gasteiger partial charge in [-0.25, -0.2) is 9.78 Å². The average molecular weight is 420 g/mol. The van der Waals surface area contributed by atoms with Gasteiger partial charge in [-0.2, -0.15) is 0 Å². The quantitative estimate of drug-likeness (QED) is 0.658. The van der Waals surface area contributed by atoms with Crippen molar-refractivity contribution in [3.05, 3.63) is 59.7 Å². The highest BCUT2D eigenvalue weighted by atomic mass is 32.1. The maximum absolute atomic E-state index is 13.3. The molecule has 3 aromatic rings. The number of thiazole rings is 1. The van der Waals surface area contributed by atoms with E-state index >= 15 is 0 Å². The van der Waals surface area contributed by atoms with Crippen molar-refractivity contribution in [3.63, 3.8) is 0 Å². The van der Waals surface area contributed by atoms with Crippen molar-refractivity contribution in [2.75, 3.05) is 18.0 Å². The minimum atomic E-state index is -1.05. The number of nitrogens with one attached hydrogen (secondary N) is 1. The summed E-state index contributed by atoms with van der Waals surface area (Å²) in [6.45, 7) is 1.94. The predicted molar refractivity (Wildman–Crippen MR) is 114 cm³/mol. The van der Waals surface area contributed by atoms with E-state index in [2.05, 4.69) is 10.3 Å². The zero-order chi connectivity index (χ0) is 20.9. The molecule has 0 radical (unpaired) electrons. The van der Waals surface area contributed by atoms with Crippen LogP contribution < -0.4 is 10.2 Å². The number of likely N-dealkylation sites (N-methyl/N-ethyl adjacent to an activating group) is 1. The van der Waals surface area contributed by atoms with Crippen LogP contribution in [0, 0.1) is 0 Å². The molecule has 1 fully saturated rings. The van der Waals surface area contributed by atoms with E-state index in [1.807, 2.05) is 55.5 Å². The number of urea groups is 1. The third kappa shape index (κ3) is 2.71. The van der Waals surface area contributed by atoms with Crippen LogP contribution in [0.5, 0.6) is 0 Å². The number of aryl methyl sites for hydroxylation is 1. The van der Waals surface area contributed by atoms with Gasteiger partial charge in [0.25, 0.3) is 5.91 Å². The fourth-order valence-electron chi connectivity index (χ4n) is 4.35. The first kappa shape index (κ1) is 18.7. The summed E-state index contributed by atoms with van der Waals surface area (Å²) in [5.41, 5.74) is 1.65. The molecule has 0 bridgehead atoms. The number of para-hydroxylation sites is 1. The highest BCUT2D eigenvalue weighted by molar-refractivity contribution is 7.22. The van der Waals surface area contributed by atoms with Crippen LogP contribution >= 0.6 is 11.3 Å². The molecule has 1 aliphatic carbocycles. The summed E-state index contributed by atoms with van der Waals surface area (Å²) >= 11 is 1.42. The van der Waals surface area contributed by atoms with Crippen molar-refractivity contribution in [1.29, 1.82) is 0 Å². The van der Waals surface area contributed by atoms with Gasteiger partial charge >= 0.3 is 6.03 Å². The van der Waals surface area contributed by atoms with Crippen LogP contribution in [0.2, 0.25) is 0 Å². The number of carbonyl (C=O) groups is 3. The van der Waals surface area contributed by atoms with Gasteiger partial charge < -0.3 is 5.32 Å². The number of amides is 4. The van der Waals surface area contributed by atoms with Crippen LogP contribution in [0.4, 0.5) is 9.93 Å². The standard InChI is InChI=1S/C22H20N4O3S/c1-2-25(21-23-16-9-5-6-10-17(16)30-21)18(27)13-26-19(28)22(24-20(26)29)12-11-14-7-3-4-8-15(14)22/h3-10H,2,11-13H2,1H3,(H,24,29). The molecule has 1 N–H and O–H groups in total. The molecule has 5 rings (SSSR count). The van der Waals surface area contributed by atoms with Gasteiger partial charge in [0.2, 0.25) is 5.91 Å². The molecule has 1 unspecified atom stereocenters. The summed E-state index contributed by atoms with van der Waals surface area (Å²) in [6.07, 6.45) is 1.23. The van der Waals surface area contributed by atoms with E-state index in [9.17, 15) is 14.4 Å². The average Bonchev–Trinajstić information content (AvgIpc) is 3.40. The van der Waals surface area contributed by atoms with Gasteiger partial charge in [0.15, 0.2) is 5.13 Å². The zero-order valence-corrected chi connectivity index (χ0v) is 17.2. The molecule has 2 aromatic carbocycles. The number of benzene rings is 2. The lowest BCUT2D eigenvalue weighted by atomic mass is 9.92. The second kappa shape index (κ2) is 6.91. The van der Waals surface area contributed by atoms with Crippen molar-refractivity contribution in [2.45, 2.75) is 25.3 Å². The van der Waals surface area contributed by atoms with Crippen LogP contribution in [-0.2, 0) is 21.5 Å². The smallest absolute Gasteiger partial charge is 0.319 e. The first-order chi connectivity index (χ1) is 14.5. The summed E-state index contributed by atoms with van der Waals surface area (Å²) in [7, 11) is 0. The third-order valence-corrected chi connectivity index (χ3v) is 6.91. The minimum Gasteiger partial charge on any atom is -0.319 e. The van der Waals surface area contributed by atoms with Gasteiger partial charge in [-0.05, 0) is 43.0 Å². The molecule has 1 saturated heterocycles. The Morgan fingerprint density at radius 2 is 1.97 bits per heavy atom. The van der Waals surface area contributed by atoms with Crippen molar-refractivity contribution in [2.24, 2.45) is 0 Å². The molecule has 0 saturated carbocycles. The molecule has 1 aromatic heterocycles. The molecule has 1 aliphatic heterocycles. The summed E-state index contributed by atoms with van der Waals surface area (Å²) in [5, 5.41) is 3.43. The van der Waals surface area contributed by atoms with E-state index in [1.165, 1.54) is 16.2 Å². The number of aromatic nitrogens is 1. The summed E-state index contributed by atoms with van der Waals surface area (Å²) in [4.78, 5) is 46.1. The van der Waals surface area contributed by atoms with Crippen molar-refractivity contribution in [3.8, 4) is 0 Å². The van der Waals surface area contributed by atoms with Gasteiger partial charge in [-0.1, -0.05) is 47.7 Å². The Hall–Kier alpha value is -3.26. The lowest BCUT2D eigenvalue weighted by Gasteiger charge is -2.23. The van der Waals surface area contributed by atoms with Crippen molar-refractivity contribution in [1.82, 2.24) is 15.2 Å². The number of anilines is 1. The third-order valence-electron chi connectivity index (χ3n) is 5.85. The van der Waals surface area contributed by atoms with Crippen LogP contribution in [0.1, 0.15) is 24.5 Å². The van der Waals surface area contributed by atoms with E-state index in [1.54, 1.807) is 0 Å². The number of rotatable bonds is 4. The van der Waals surface area contributed by atoms with Gasteiger partial charge in [0.05, 0.1) is 10.2 Å². The van der Waals surface area contributed by atoms with Crippen LogP contribution in [0.25, 0.3) is 10.2 Å². The second-order valence-corrected chi connectivity index (χ2v) is 8.50. The highest BCUT2D eigenvalue weighted by Gasteiger charge is 2.55. The predicted octanol–water partition coefficient (Wildman–Crippen LogP) is 3.04. The number of fused-ring (bicyclic) bond motifs is 3. The first-order valence-corrected chi connectivity index (χ1v) is 10.7. The summed E-state index contributed by atoms with van der Waals surface area (Å²) in [6, 6.07) is 14.8. The molecule has 152 valence electrons. The molecule has 1 atom stereocenters. The van der Waals surface area contributed by atoms with E-state index in [0.29, 0.717) is 18.1 Å². The molecule has 7 nitrogen and oxygen atoms in total. The highest BCUT2D eigenvalue weighted by Crippen LogP contribution is 2.41. The van der Waals surface area contributed by atoms with Gasteiger partial charge in [-0.3, -0.25) is 19.4 Å². The fraction of sp³-hybridized carbons (Fsp3) is 0.273. The maximum atomic E-state index is 13.3. The fourth-order valence-corrected chi connectivity index (χ4v) is 5.39. The Kier molecular flexibility index (Phi) is 4.32. The molecule has 2 aliphatic rings. The van der Waals surface area contributed by atoms with Gasteiger partial charge in [0.1, 0.15) is 12.1 Å². The molecular weight excluding hydrogens is 400 g/mol. The van der Waals surface area contributed by atoms with Crippen molar-refractivity contribution >= 4 is 44.5 Å². The second-order valence-electron chi connectivity index (χ2n) is 7.49. The number of carbonyl (C=O) groups excluding carboxylic acids is 3.